The Labute approximate surface area is 145 Å². The summed E-state index contributed by atoms with van der Waals surface area (Å²) in [5, 5.41) is 16.0. The van der Waals surface area contributed by atoms with Crippen LogP contribution in [-0.2, 0) is 6.54 Å². The smallest absolute Gasteiger partial charge is 0.255 e. The predicted octanol–water partition coefficient (Wildman–Crippen LogP) is 4.05. The fourth-order valence-electron chi connectivity index (χ4n) is 2.60. The number of phenolic OH excluding ortho intramolecular Hbond substituents is 1. The average Bonchev–Trinajstić information content (AvgIpc) is 2.47. The number of anilines is 1. The molecule has 0 bridgehead atoms. The Morgan fingerprint density at radius 2 is 1.74 bits per heavy atom. The molecule has 0 aliphatic rings. The number of nitrogens with one attached hydrogen (secondary N) is 2. The van der Waals surface area contributed by atoms with E-state index >= 15 is 0 Å². The zero-order valence-electron chi connectivity index (χ0n) is 13.7. The summed E-state index contributed by atoms with van der Waals surface area (Å²) in [4.78, 5) is 12.5. The molecule has 0 fully saturated rings. The van der Waals surface area contributed by atoms with E-state index in [1.807, 2.05) is 40.0 Å². The van der Waals surface area contributed by atoms with Crippen molar-refractivity contribution < 1.29 is 9.90 Å². The maximum atomic E-state index is 12.5. The Kier molecular flexibility index (Phi) is 5.44. The Morgan fingerprint density at radius 1 is 1.13 bits per heavy atom. The summed E-state index contributed by atoms with van der Waals surface area (Å²) in [6, 6.07) is 7.28. The first-order chi connectivity index (χ1) is 10.8. The van der Waals surface area contributed by atoms with Crippen LogP contribution < -0.4 is 10.6 Å². The van der Waals surface area contributed by atoms with Gasteiger partial charge in [-0.2, -0.15) is 0 Å². The third-order valence-electron chi connectivity index (χ3n) is 3.77. The van der Waals surface area contributed by atoms with E-state index in [0.29, 0.717) is 15.7 Å². The third kappa shape index (κ3) is 3.92. The first kappa shape index (κ1) is 17.5. The summed E-state index contributed by atoms with van der Waals surface area (Å²) in [6.07, 6.45) is 0. The first-order valence-corrected chi connectivity index (χ1v) is 8.18. The van der Waals surface area contributed by atoms with Gasteiger partial charge in [0.05, 0.1) is 10.2 Å². The van der Waals surface area contributed by atoms with Crippen molar-refractivity contribution in [3.05, 3.63) is 56.6 Å². The van der Waals surface area contributed by atoms with Gasteiger partial charge in [0.25, 0.3) is 5.91 Å². The molecule has 0 saturated heterocycles. The van der Waals surface area contributed by atoms with Crippen LogP contribution in [0.3, 0.4) is 0 Å². The van der Waals surface area contributed by atoms with Gasteiger partial charge in [0, 0.05) is 12.1 Å². The fourth-order valence-corrected chi connectivity index (χ4v) is 3.18. The van der Waals surface area contributed by atoms with E-state index in [0.717, 1.165) is 23.2 Å². The monoisotopic (exact) mass is 376 g/mol. The summed E-state index contributed by atoms with van der Waals surface area (Å²) in [5.41, 5.74) is 5.26. The first-order valence-electron chi connectivity index (χ1n) is 7.38. The molecule has 5 heteroatoms. The van der Waals surface area contributed by atoms with Crippen LogP contribution in [0.5, 0.6) is 5.75 Å². The Morgan fingerprint density at radius 3 is 2.30 bits per heavy atom. The molecule has 0 unspecified atom stereocenters. The molecular formula is C18H21BrN2O2. The lowest BCUT2D eigenvalue weighted by Gasteiger charge is -2.14. The largest absolute Gasteiger partial charge is 0.505 e. The van der Waals surface area contributed by atoms with Gasteiger partial charge in [-0.15, -0.1) is 0 Å². The van der Waals surface area contributed by atoms with E-state index in [9.17, 15) is 9.90 Å². The second-order valence-corrected chi connectivity index (χ2v) is 6.57. The van der Waals surface area contributed by atoms with Gasteiger partial charge in [0.15, 0.2) is 5.75 Å². The molecule has 3 N–H and O–H groups in total. The minimum absolute atomic E-state index is 0.0317. The van der Waals surface area contributed by atoms with Crippen molar-refractivity contribution in [2.45, 2.75) is 27.3 Å². The Bertz CT molecular complexity index is 734. The van der Waals surface area contributed by atoms with Crippen LogP contribution in [0.15, 0.2) is 28.7 Å². The minimum Gasteiger partial charge on any atom is -0.505 e. The molecule has 0 aliphatic heterocycles. The Balaban J connectivity index is 2.32. The molecule has 2 rings (SSSR count). The molecule has 0 saturated carbocycles. The van der Waals surface area contributed by atoms with Crippen LogP contribution in [-0.4, -0.2) is 18.1 Å². The van der Waals surface area contributed by atoms with E-state index in [1.54, 1.807) is 12.1 Å². The molecule has 0 aliphatic carbocycles. The van der Waals surface area contributed by atoms with Crippen molar-refractivity contribution in [1.29, 1.82) is 0 Å². The number of aromatic hydroxyl groups is 1. The lowest BCUT2D eigenvalue weighted by molar-refractivity contribution is 0.102. The summed E-state index contributed by atoms with van der Waals surface area (Å²) < 4.78 is 0.560. The number of hydrogen-bond acceptors (Lipinski definition) is 3. The molecule has 4 nitrogen and oxygen atoms in total. The standard InChI is InChI=1S/C18H21BrN2O2/c1-10-5-15(19)17(22)16(6-10)21-18(23)13-7-11(2)14(9-20-4)12(3)8-13/h5-8,20,22H,9H2,1-4H3,(H,21,23). The highest BCUT2D eigenvalue weighted by Crippen LogP contribution is 2.33. The molecule has 0 aromatic heterocycles. The van der Waals surface area contributed by atoms with Crippen molar-refractivity contribution in [1.82, 2.24) is 5.32 Å². The third-order valence-corrected chi connectivity index (χ3v) is 4.37. The van der Waals surface area contributed by atoms with Gasteiger partial charge in [-0.25, -0.2) is 0 Å². The minimum atomic E-state index is -0.236. The molecule has 0 radical (unpaired) electrons. The van der Waals surface area contributed by atoms with Crippen molar-refractivity contribution >= 4 is 27.5 Å². The number of amides is 1. The molecule has 0 heterocycles. The number of carbonyl (C=O) groups excluding carboxylic acids is 1. The number of benzene rings is 2. The zero-order chi connectivity index (χ0) is 17.1. The van der Waals surface area contributed by atoms with Gasteiger partial charge in [0.2, 0.25) is 0 Å². The number of phenols is 1. The van der Waals surface area contributed by atoms with Crippen molar-refractivity contribution in [2.75, 3.05) is 12.4 Å². The zero-order valence-corrected chi connectivity index (χ0v) is 15.3. The number of rotatable bonds is 4. The van der Waals surface area contributed by atoms with Gasteiger partial charge in [-0.1, -0.05) is 0 Å². The van der Waals surface area contributed by atoms with Gasteiger partial charge >= 0.3 is 0 Å². The topological polar surface area (TPSA) is 61.4 Å². The SMILES string of the molecule is CNCc1c(C)cc(C(=O)Nc2cc(C)cc(Br)c2O)cc1C. The summed E-state index contributed by atoms with van der Waals surface area (Å²) in [5.74, 6) is -0.204. The molecule has 0 atom stereocenters. The number of halogens is 1. The van der Waals surface area contributed by atoms with Crippen LogP contribution in [0, 0.1) is 20.8 Å². The van der Waals surface area contributed by atoms with E-state index in [2.05, 4.69) is 26.6 Å². The number of carbonyl (C=O) groups is 1. The normalized spacial score (nSPS) is 10.7. The molecular weight excluding hydrogens is 356 g/mol. The fraction of sp³-hybridized carbons (Fsp3) is 0.278. The summed E-state index contributed by atoms with van der Waals surface area (Å²) in [6.45, 7) is 6.67. The van der Waals surface area contributed by atoms with Crippen molar-refractivity contribution in [3.8, 4) is 5.75 Å². The lowest BCUT2D eigenvalue weighted by Crippen LogP contribution is -2.15. The second kappa shape index (κ2) is 7.15. The molecule has 1 amide bonds. The highest BCUT2D eigenvalue weighted by Gasteiger charge is 2.14. The van der Waals surface area contributed by atoms with Gasteiger partial charge in [-0.05, 0) is 90.3 Å². The van der Waals surface area contributed by atoms with Gasteiger partial charge in [-0.3, -0.25) is 4.79 Å². The maximum Gasteiger partial charge on any atom is 0.255 e. The van der Waals surface area contributed by atoms with E-state index in [4.69, 9.17) is 0 Å². The highest BCUT2D eigenvalue weighted by molar-refractivity contribution is 9.10. The molecule has 0 spiro atoms. The van der Waals surface area contributed by atoms with Crippen molar-refractivity contribution in [3.63, 3.8) is 0 Å². The van der Waals surface area contributed by atoms with Crippen molar-refractivity contribution in [2.24, 2.45) is 0 Å². The second-order valence-electron chi connectivity index (χ2n) is 5.72. The van der Waals surface area contributed by atoms with Crippen LogP contribution in [0.2, 0.25) is 0 Å². The average molecular weight is 377 g/mol. The molecule has 2 aromatic rings. The molecule has 122 valence electrons. The number of hydrogen-bond donors (Lipinski definition) is 3. The molecule has 23 heavy (non-hydrogen) atoms. The van der Waals surface area contributed by atoms with Gasteiger partial charge < -0.3 is 15.7 Å². The quantitative estimate of drug-likeness (QED) is 0.705. The molecule has 2 aromatic carbocycles. The summed E-state index contributed by atoms with van der Waals surface area (Å²) in [7, 11) is 1.90. The van der Waals surface area contributed by atoms with Crippen LogP contribution >= 0.6 is 15.9 Å². The van der Waals surface area contributed by atoms with Crippen LogP contribution in [0.1, 0.15) is 32.6 Å². The summed E-state index contributed by atoms with van der Waals surface area (Å²) >= 11 is 3.28. The maximum absolute atomic E-state index is 12.5. The highest BCUT2D eigenvalue weighted by atomic mass is 79.9. The van der Waals surface area contributed by atoms with Gasteiger partial charge in [0.1, 0.15) is 0 Å². The van der Waals surface area contributed by atoms with E-state index in [1.165, 1.54) is 5.56 Å². The van der Waals surface area contributed by atoms with E-state index < -0.39 is 0 Å². The van der Waals surface area contributed by atoms with Crippen LogP contribution in [0.4, 0.5) is 5.69 Å². The Hall–Kier alpha value is -1.85. The lowest BCUT2D eigenvalue weighted by atomic mass is 9.99. The van der Waals surface area contributed by atoms with Crippen LogP contribution in [0.25, 0.3) is 0 Å². The number of aryl methyl sites for hydroxylation is 3. The predicted molar refractivity (Wildman–Crippen MR) is 97.2 cm³/mol. The van der Waals surface area contributed by atoms with E-state index in [-0.39, 0.29) is 11.7 Å².